The molecule has 25 heavy (non-hydrogen) atoms. The summed E-state index contributed by atoms with van der Waals surface area (Å²) in [6, 6.07) is 11.3. The number of aryl methyl sites for hydroxylation is 1. The lowest BCUT2D eigenvalue weighted by Gasteiger charge is -2.39. The lowest BCUT2D eigenvalue weighted by atomic mass is 9.98. The van der Waals surface area contributed by atoms with Gasteiger partial charge in [-0.15, -0.1) is 0 Å². The summed E-state index contributed by atoms with van der Waals surface area (Å²) in [5, 5.41) is 8.17. The van der Waals surface area contributed by atoms with Crippen molar-refractivity contribution in [1.29, 1.82) is 0 Å². The van der Waals surface area contributed by atoms with Crippen LogP contribution in [0, 0.1) is 6.92 Å². The molecule has 0 saturated carbocycles. The van der Waals surface area contributed by atoms with Gasteiger partial charge in [0.1, 0.15) is 0 Å². The van der Waals surface area contributed by atoms with Crippen molar-refractivity contribution < 1.29 is 4.74 Å². The second-order valence-corrected chi connectivity index (χ2v) is 7.19. The first-order chi connectivity index (χ1) is 12.1. The number of hydrogen-bond donors (Lipinski definition) is 1. The third kappa shape index (κ3) is 4.29. The molecular formula is C20H30N4O. The number of morpholine rings is 1. The standard InChI is InChI=1S/C20H30N4O/c1-15(2)24-14-18(16(3)22-24)12-21-13-19-20(23(4)10-11-25-19)17-8-6-5-7-9-17/h5-9,14-15,19-21H,10-13H2,1-4H3/t19-,20-/m0/s1. The van der Waals surface area contributed by atoms with E-state index in [-0.39, 0.29) is 6.10 Å². The number of nitrogens with one attached hydrogen (secondary N) is 1. The molecule has 0 radical (unpaired) electrons. The highest BCUT2D eigenvalue weighted by atomic mass is 16.5. The molecule has 1 aliphatic heterocycles. The first-order valence-corrected chi connectivity index (χ1v) is 9.18. The minimum Gasteiger partial charge on any atom is -0.374 e. The topological polar surface area (TPSA) is 42.3 Å². The van der Waals surface area contributed by atoms with Crippen molar-refractivity contribution >= 4 is 0 Å². The Bertz CT molecular complexity index is 668. The summed E-state index contributed by atoms with van der Waals surface area (Å²) >= 11 is 0. The number of likely N-dealkylation sites (N-methyl/N-ethyl adjacent to an activating group) is 1. The molecule has 0 amide bonds. The second-order valence-electron chi connectivity index (χ2n) is 7.19. The highest BCUT2D eigenvalue weighted by Crippen LogP contribution is 2.27. The second kappa shape index (κ2) is 8.13. The minimum absolute atomic E-state index is 0.154. The van der Waals surface area contributed by atoms with Gasteiger partial charge in [-0.1, -0.05) is 30.3 Å². The molecule has 1 aromatic heterocycles. The van der Waals surface area contributed by atoms with Crippen LogP contribution in [0.25, 0.3) is 0 Å². The summed E-state index contributed by atoms with van der Waals surface area (Å²) in [5.74, 6) is 0. The van der Waals surface area contributed by atoms with E-state index in [1.54, 1.807) is 0 Å². The number of hydrogen-bond acceptors (Lipinski definition) is 4. The van der Waals surface area contributed by atoms with Gasteiger partial charge in [-0.25, -0.2) is 0 Å². The first-order valence-electron chi connectivity index (χ1n) is 9.18. The van der Waals surface area contributed by atoms with Crippen molar-refractivity contribution in [2.75, 3.05) is 26.7 Å². The molecule has 2 aromatic rings. The molecule has 1 fully saturated rings. The smallest absolute Gasteiger partial charge is 0.0896 e. The van der Waals surface area contributed by atoms with Crippen LogP contribution in [0.1, 0.15) is 42.8 Å². The van der Waals surface area contributed by atoms with Gasteiger partial charge in [0.2, 0.25) is 0 Å². The highest BCUT2D eigenvalue weighted by molar-refractivity contribution is 5.21. The van der Waals surface area contributed by atoms with E-state index in [2.05, 4.69) is 79.7 Å². The predicted octanol–water partition coefficient (Wildman–Crippen LogP) is 2.93. The highest BCUT2D eigenvalue weighted by Gasteiger charge is 2.31. The third-order valence-electron chi connectivity index (χ3n) is 4.95. The van der Waals surface area contributed by atoms with Gasteiger partial charge in [0.25, 0.3) is 0 Å². The molecule has 0 unspecified atom stereocenters. The zero-order valence-corrected chi connectivity index (χ0v) is 15.8. The van der Waals surface area contributed by atoms with Crippen LogP contribution < -0.4 is 5.32 Å². The molecule has 5 heteroatoms. The molecule has 5 nitrogen and oxygen atoms in total. The van der Waals surface area contributed by atoms with Crippen LogP contribution >= 0.6 is 0 Å². The van der Waals surface area contributed by atoms with Crippen molar-refractivity contribution in [1.82, 2.24) is 20.0 Å². The normalized spacial score (nSPS) is 21.8. The molecule has 1 aromatic carbocycles. The van der Waals surface area contributed by atoms with Gasteiger partial charge in [0.05, 0.1) is 24.4 Å². The Hall–Kier alpha value is -1.69. The number of benzene rings is 1. The molecule has 2 atom stereocenters. The largest absolute Gasteiger partial charge is 0.374 e. The molecule has 3 rings (SSSR count). The molecule has 1 N–H and O–H groups in total. The fraction of sp³-hybridized carbons (Fsp3) is 0.550. The first kappa shape index (κ1) is 18.1. The Kier molecular flexibility index (Phi) is 5.89. The van der Waals surface area contributed by atoms with E-state index in [1.165, 1.54) is 11.1 Å². The maximum Gasteiger partial charge on any atom is 0.0896 e. The van der Waals surface area contributed by atoms with Crippen LogP contribution in [-0.2, 0) is 11.3 Å². The lowest BCUT2D eigenvalue weighted by molar-refractivity contribution is -0.0615. The van der Waals surface area contributed by atoms with Gasteiger partial charge in [-0.3, -0.25) is 9.58 Å². The monoisotopic (exact) mass is 342 g/mol. The average molecular weight is 342 g/mol. The van der Waals surface area contributed by atoms with Crippen molar-refractivity contribution in [3.05, 3.63) is 53.3 Å². The van der Waals surface area contributed by atoms with Crippen LogP contribution in [0.2, 0.25) is 0 Å². The summed E-state index contributed by atoms with van der Waals surface area (Å²) in [6.45, 7) is 9.79. The number of ether oxygens (including phenoxy) is 1. The van der Waals surface area contributed by atoms with E-state index >= 15 is 0 Å². The molecule has 2 heterocycles. The van der Waals surface area contributed by atoms with E-state index in [4.69, 9.17) is 4.74 Å². The molecular weight excluding hydrogens is 312 g/mol. The number of rotatable bonds is 6. The Labute approximate surface area is 151 Å². The number of nitrogens with zero attached hydrogens (tertiary/aromatic N) is 3. The van der Waals surface area contributed by atoms with Gasteiger partial charge in [-0.05, 0) is 33.4 Å². The summed E-state index contributed by atoms with van der Waals surface area (Å²) in [5.41, 5.74) is 3.68. The fourth-order valence-electron chi connectivity index (χ4n) is 3.46. The van der Waals surface area contributed by atoms with E-state index in [1.807, 2.05) is 4.68 Å². The molecule has 1 aliphatic rings. The van der Waals surface area contributed by atoms with E-state index < -0.39 is 0 Å². The van der Waals surface area contributed by atoms with Crippen molar-refractivity contribution in [2.24, 2.45) is 0 Å². The van der Waals surface area contributed by atoms with Crippen LogP contribution in [0.4, 0.5) is 0 Å². The maximum absolute atomic E-state index is 6.10. The van der Waals surface area contributed by atoms with Crippen LogP contribution in [0.3, 0.4) is 0 Å². The van der Waals surface area contributed by atoms with Crippen LogP contribution in [0.5, 0.6) is 0 Å². The Morgan fingerprint density at radius 3 is 2.72 bits per heavy atom. The average Bonchev–Trinajstić information content (AvgIpc) is 2.97. The van der Waals surface area contributed by atoms with Gasteiger partial charge in [-0.2, -0.15) is 5.10 Å². The zero-order chi connectivity index (χ0) is 17.8. The summed E-state index contributed by atoms with van der Waals surface area (Å²) in [6.07, 6.45) is 2.30. The fourth-order valence-corrected chi connectivity index (χ4v) is 3.46. The summed E-state index contributed by atoms with van der Waals surface area (Å²) in [7, 11) is 2.18. The Morgan fingerprint density at radius 1 is 1.28 bits per heavy atom. The van der Waals surface area contributed by atoms with E-state index in [9.17, 15) is 0 Å². The zero-order valence-electron chi connectivity index (χ0n) is 15.8. The molecule has 0 spiro atoms. The number of aromatic nitrogens is 2. The minimum atomic E-state index is 0.154. The van der Waals surface area contributed by atoms with E-state index in [0.29, 0.717) is 12.1 Å². The summed E-state index contributed by atoms with van der Waals surface area (Å²) in [4.78, 5) is 2.40. The summed E-state index contributed by atoms with van der Waals surface area (Å²) < 4.78 is 8.13. The van der Waals surface area contributed by atoms with Crippen LogP contribution in [-0.4, -0.2) is 47.5 Å². The Balaban J connectivity index is 1.63. The maximum atomic E-state index is 6.10. The predicted molar refractivity (Wildman–Crippen MR) is 101 cm³/mol. The molecule has 136 valence electrons. The van der Waals surface area contributed by atoms with Gasteiger partial charge >= 0.3 is 0 Å². The van der Waals surface area contributed by atoms with Crippen molar-refractivity contribution in [2.45, 2.75) is 45.5 Å². The van der Waals surface area contributed by atoms with Gasteiger partial charge in [0.15, 0.2) is 0 Å². The molecule has 1 saturated heterocycles. The molecule has 0 aliphatic carbocycles. The van der Waals surface area contributed by atoms with Gasteiger partial charge in [0, 0.05) is 37.4 Å². The van der Waals surface area contributed by atoms with Gasteiger partial charge < -0.3 is 10.1 Å². The SMILES string of the molecule is Cc1nn(C(C)C)cc1CNC[C@@H]1OCCN(C)[C@H]1c1ccccc1. The molecule has 0 bridgehead atoms. The Morgan fingerprint density at radius 2 is 2.04 bits per heavy atom. The van der Waals surface area contributed by atoms with E-state index in [0.717, 1.165) is 31.9 Å². The quantitative estimate of drug-likeness (QED) is 0.876. The van der Waals surface area contributed by atoms with Crippen molar-refractivity contribution in [3.8, 4) is 0 Å². The lowest BCUT2D eigenvalue weighted by Crippen LogP contribution is -2.47. The van der Waals surface area contributed by atoms with Crippen LogP contribution in [0.15, 0.2) is 36.5 Å². The van der Waals surface area contributed by atoms with Crippen molar-refractivity contribution in [3.63, 3.8) is 0 Å². The third-order valence-corrected chi connectivity index (χ3v) is 4.95.